The maximum absolute atomic E-state index is 11.9. The van der Waals surface area contributed by atoms with Gasteiger partial charge in [-0.15, -0.1) is 0 Å². The first-order valence-electron chi connectivity index (χ1n) is 11.4. The van der Waals surface area contributed by atoms with Crippen molar-refractivity contribution in [3.05, 3.63) is 60.3 Å². The predicted octanol–water partition coefficient (Wildman–Crippen LogP) is 3.04. The van der Waals surface area contributed by atoms with Crippen molar-refractivity contribution in [1.29, 1.82) is 0 Å². The second-order valence-corrected chi connectivity index (χ2v) is 8.47. The normalized spacial score (nSPS) is 17.7. The number of carbonyl (C=O) groups is 1. The molecule has 8 heteroatoms. The number of amidine groups is 1. The average Bonchev–Trinajstić information content (AvgIpc) is 2.87. The average molecular weight is 462 g/mol. The van der Waals surface area contributed by atoms with Gasteiger partial charge in [-0.1, -0.05) is 30.8 Å². The van der Waals surface area contributed by atoms with E-state index in [1.807, 2.05) is 29.2 Å². The topological polar surface area (TPSA) is 81.0 Å². The summed E-state index contributed by atoms with van der Waals surface area (Å²) in [6, 6.07) is 11.9. The molecule has 2 aromatic rings. The molecule has 0 aromatic heterocycles. The van der Waals surface area contributed by atoms with Crippen LogP contribution in [-0.2, 0) is 9.53 Å². The van der Waals surface area contributed by atoms with Gasteiger partial charge in [0.1, 0.15) is 5.75 Å². The molecule has 1 saturated heterocycles. The van der Waals surface area contributed by atoms with Crippen molar-refractivity contribution in [2.24, 2.45) is 9.98 Å². The molecule has 0 atom stereocenters. The summed E-state index contributed by atoms with van der Waals surface area (Å²) in [5.74, 6) is 0.225. The van der Waals surface area contributed by atoms with E-state index in [2.05, 4.69) is 34.2 Å². The zero-order chi connectivity index (χ0) is 24.1. The van der Waals surface area contributed by atoms with Gasteiger partial charge in [0.25, 0.3) is 0 Å². The molecule has 0 unspecified atom stereocenters. The summed E-state index contributed by atoms with van der Waals surface area (Å²) in [7, 11) is 1.53. The van der Waals surface area contributed by atoms with Crippen LogP contribution in [-0.4, -0.2) is 86.5 Å². The van der Waals surface area contributed by atoms with E-state index in [1.54, 1.807) is 6.07 Å². The van der Waals surface area contributed by atoms with Crippen LogP contribution in [0.25, 0.3) is 10.8 Å². The van der Waals surface area contributed by atoms with Crippen molar-refractivity contribution in [2.75, 3.05) is 57.8 Å². The minimum Gasteiger partial charge on any atom is -0.508 e. The smallest absolute Gasteiger partial charge is 0.315 e. The van der Waals surface area contributed by atoms with Gasteiger partial charge in [-0.2, -0.15) is 4.99 Å². The number of rotatable bonds is 5. The minimum atomic E-state index is -0.0161. The van der Waals surface area contributed by atoms with Crippen LogP contribution >= 0.6 is 0 Å². The summed E-state index contributed by atoms with van der Waals surface area (Å²) >= 11 is 0. The van der Waals surface area contributed by atoms with Crippen molar-refractivity contribution < 1.29 is 14.6 Å². The molecule has 2 aromatic carbocycles. The molecule has 0 radical (unpaired) electrons. The third-order valence-corrected chi connectivity index (χ3v) is 6.42. The van der Waals surface area contributed by atoms with E-state index in [1.165, 1.54) is 18.8 Å². The number of anilines is 1. The maximum Gasteiger partial charge on any atom is 0.315 e. The standard InChI is InChI=1S/C26H31N5O3/c1-4-25(33)30-13-11-29(12-14-30)17-20-9-10-31(18-23(20)28-26(27-2)34-3)24-16-21(32)15-19-7-5-6-8-22(19)24/h4-8,15-16,32H,1-2,9-14,17-18H2,3H3. The van der Waals surface area contributed by atoms with Crippen LogP contribution in [0.5, 0.6) is 5.75 Å². The fourth-order valence-corrected chi connectivity index (χ4v) is 4.60. The fourth-order valence-electron chi connectivity index (χ4n) is 4.60. The van der Waals surface area contributed by atoms with Crippen LogP contribution in [0.15, 0.2) is 70.3 Å². The molecule has 1 amide bonds. The molecule has 1 fully saturated rings. The van der Waals surface area contributed by atoms with Crippen LogP contribution < -0.4 is 4.90 Å². The lowest BCUT2D eigenvalue weighted by Crippen LogP contribution is -2.49. The van der Waals surface area contributed by atoms with Gasteiger partial charge < -0.3 is 19.6 Å². The first-order valence-corrected chi connectivity index (χ1v) is 11.4. The molecule has 8 nitrogen and oxygen atoms in total. The number of fused-ring (bicyclic) bond motifs is 1. The Morgan fingerprint density at radius 3 is 2.65 bits per heavy atom. The number of hydrogen-bond acceptors (Lipinski definition) is 6. The summed E-state index contributed by atoms with van der Waals surface area (Å²) in [6.45, 7) is 12.3. The lowest BCUT2D eigenvalue weighted by atomic mass is 10.0. The van der Waals surface area contributed by atoms with Gasteiger partial charge in [-0.05, 0) is 36.2 Å². The van der Waals surface area contributed by atoms with Crippen molar-refractivity contribution in [1.82, 2.24) is 9.80 Å². The number of methoxy groups -OCH3 is 1. The number of phenolic OH excluding ortho intramolecular Hbond substituents is 1. The highest BCUT2D eigenvalue weighted by molar-refractivity contribution is 5.96. The Labute approximate surface area is 200 Å². The number of phenols is 1. The van der Waals surface area contributed by atoms with Gasteiger partial charge in [0, 0.05) is 56.4 Å². The number of carbonyl (C=O) groups excluding carboxylic acids is 1. The lowest BCUT2D eigenvalue weighted by molar-refractivity contribution is -0.127. The number of piperazine rings is 1. The number of ether oxygens (including phenoxy) is 1. The number of aliphatic imine (C=N–C) groups is 2. The molecule has 34 heavy (non-hydrogen) atoms. The molecular weight excluding hydrogens is 430 g/mol. The van der Waals surface area contributed by atoms with Gasteiger partial charge in [-0.3, -0.25) is 9.69 Å². The molecule has 0 aliphatic carbocycles. The van der Waals surface area contributed by atoms with Gasteiger partial charge in [0.2, 0.25) is 5.91 Å². The van der Waals surface area contributed by atoms with E-state index in [0.29, 0.717) is 19.6 Å². The summed E-state index contributed by atoms with van der Waals surface area (Å²) in [6.07, 6.45) is 2.20. The van der Waals surface area contributed by atoms with Gasteiger partial charge in [-0.25, -0.2) is 4.99 Å². The molecule has 2 heterocycles. The molecule has 2 aliphatic rings. The first-order chi connectivity index (χ1) is 16.5. The van der Waals surface area contributed by atoms with Crippen LogP contribution in [0.4, 0.5) is 5.69 Å². The number of nitrogens with zero attached hydrogens (tertiary/aromatic N) is 5. The van der Waals surface area contributed by atoms with Crippen LogP contribution in [0.3, 0.4) is 0 Å². The Balaban J connectivity index is 1.60. The van der Waals surface area contributed by atoms with E-state index in [-0.39, 0.29) is 17.7 Å². The quantitative estimate of drug-likeness (QED) is 0.421. The summed E-state index contributed by atoms with van der Waals surface area (Å²) in [4.78, 5) is 26.9. The number of amides is 1. The number of hydrogen-bond donors (Lipinski definition) is 1. The summed E-state index contributed by atoms with van der Waals surface area (Å²) in [5, 5.41) is 12.4. The van der Waals surface area contributed by atoms with Crippen molar-refractivity contribution in [3.63, 3.8) is 0 Å². The van der Waals surface area contributed by atoms with Crippen LogP contribution in [0.1, 0.15) is 6.42 Å². The molecule has 2 aliphatic heterocycles. The summed E-state index contributed by atoms with van der Waals surface area (Å²) < 4.78 is 5.28. The highest BCUT2D eigenvalue weighted by atomic mass is 16.5. The third-order valence-electron chi connectivity index (χ3n) is 6.42. The number of benzene rings is 2. The lowest BCUT2D eigenvalue weighted by Gasteiger charge is -2.37. The predicted molar refractivity (Wildman–Crippen MR) is 137 cm³/mol. The first kappa shape index (κ1) is 23.5. The number of aromatic hydroxyl groups is 1. The van der Waals surface area contributed by atoms with Crippen LogP contribution in [0.2, 0.25) is 0 Å². The van der Waals surface area contributed by atoms with E-state index in [0.717, 1.165) is 54.8 Å². The molecule has 4 rings (SSSR count). The summed E-state index contributed by atoms with van der Waals surface area (Å²) in [5.41, 5.74) is 3.10. The third kappa shape index (κ3) is 5.12. The Hall–Kier alpha value is -3.65. The largest absolute Gasteiger partial charge is 0.508 e. The second-order valence-electron chi connectivity index (χ2n) is 8.47. The zero-order valence-corrected chi connectivity index (χ0v) is 19.6. The maximum atomic E-state index is 11.9. The van der Waals surface area contributed by atoms with Crippen molar-refractivity contribution in [2.45, 2.75) is 6.42 Å². The Morgan fingerprint density at radius 2 is 1.94 bits per heavy atom. The molecule has 0 saturated carbocycles. The van der Waals surface area contributed by atoms with E-state index < -0.39 is 0 Å². The van der Waals surface area contributed by atoms with E-state index in [9.17, 15) is 9.90 Å². The van der Waals surface area contributed by atoms with Gasteiger partial charge in [0.05, 0.1) is 19.4 Å². The second kappa shape index (κ2) is 10.5. The fraction of sp³-hybridized carbons (Fsp3) is 0.346. The highest BCUT2D eigenvalue weighted by Gasteiger charge is 2.25. The van der Waals surface area contributed by atoms with E-state index >= 15 is 0 Å². The molecular formula is C26H31N5O3. The molecule has 0 bridgehead atoms. The Kier molecular flexibility index (Phi) is 7.27. The zero-order valence-electron chi connectivity index (χ0n) is 19.6. The minimum absolute atomic E-state index is 0.0161. The monoisotopic (exact) mass is 461 g/mol. The van der Waals surface area contributed by atoms with Crippen LogP contribution in [0, 0.1) is 0 Å². The highest BCUT2D eigenvalue weighted by Crippen LogP contribution is 2.34. The molecule has 1 N–H and O–H groups in total. The molecule has 0 spiro atoms. The SMILES string of the molecule is C=CC(=O)N1CCN(CC2=C(N=C(N=C)OC)CN(c3cc(O)cc4ccccc34)CC2)CC1. The Morgan fingerprint density at radius 1 is 1.18 bits per heavy atom. The van der Waals surface area contributed by atoms with Gasteiger partial charge in [0.15, 0.2) is 0 Å². The molecule has 178 valence electrons. The van der Waals surface area contributed by atoms with Crippen molar-refractivity contribution >= 4 is 35.1 Å². The Bertz CT molecular complexity index is 1150. The van der Waals surface area contributed by atoms with E-state index in [4.69, 9.17) is 9.73 Å². The van der Waals surface area contributed by atoms with Crippen molar-refractivity contribution in [3.8, 4) is 5.75 Å². The van der Waals surface area contributed by atoms with Gasteiger partial charge >= 0.3 is 6.02 Å².